The highest BCUT2D eigenvalue weighted by Crippen LogP contribution is 2.42. The normalized spacial score (nSPS) is 15.4. The Hall–Kier alpha value is -0.750. The zero-order chi connectivity index (χ0) is 10.3. The van der Waals surface area contributed by atoms with E-state index in [1.807, 2.05) is 0 Å². The topological polar surface area (TPSA) is 60.2 Å². The quantitative estimate of drug-likeness (QED) is 0.585. The highest BCUT2D eigenvalue weighted by molar-refractivity contribution is 9.11. The average Bonchev–Trinajstić information content (AvgIpc) is 2.42. The van der Waals surface area contributed by atoms with Gasteiger partial charge in [0.25, 0.3) is 5.69 Å². The number of hydrogen-bond acceptors (Lipinski definition) is 4. The van der Waals surface area contributed by atoms with Crippen LogP contribution in [-0.4, -0.2) is 10.7 Å². The van der Waals surface area contributed by atoms with Crippen LogP contribution in [0.5, 0.6) is 0 Å². The third-order valence-corrected chi connectivity index (χ3v) is 4.12. The van der Waals surface area contributed by atoms with Crippen molar-refractivity contribution in [2.45, 2.75) is 19.3 Å². The predicted octanol–water partition coefficient (Wildman–Crippen LogP) is 2.94. The van der Waals surface area contributed by atoms with Gasteiger partial charge in [-0.15, -0.1) is 11.3 Å². The lowest BCUT2D eigenvalue weighted by atomic mass is 9.97. The summed E-state index contributed by atoms with van der Waals surface area (Å²) in [6, 6.07) is 0. The number of ketones is 1. The Kier molecular flexibility index (Phi) is 2.40. The Morgan fingerprint density at radius 1 is 1.43 bits per heavy atom. The lowest BCUT2D eigenvalue weighted by Crippen LogP contribution is -2.08. The van der Waals surface area contributed by atoms with Crippen LogP contribution in [0.15, 0.2) is 3.79 Å². The molecule has 0 N–H and O–H groups in total. The first kappa shape index (κ1) is 9.79. The fraction of sp³-hybridized carbons (Fsp3) is 0.375. The molecule has 14 heavy (non-hydrogen) atoms. The van der Waals surface area contributed by atoms with E-state index in [1.165, 1.54) is 11.3 Å². The first-order valence-corrected chi connectivity index (χ1v) is 5.71. The molecule has 6 heteroatoms. The Morgan fingerprint density at radius 3 is 2.79 bits per heavy atom. The molecule has 74 valence electrons. The molecule has 0 bridgehead atoms. The number of nitrogens with zero attached hydrogens (tertiary/aromatic N) is 1. The van der Waals surface area contributed by atoms with E-state index in [0.29, 0.717) is 27.1 Å². The molecule has 1 aromatic rings. The van der Waals surface area contributed by atoms with Gasteiger partial charge in [-0.05, 0) is 28.8 Å². The van der Waals surface area contributed by atoms with Crippen molar-refractivity contribution in [3.63, 3.8) is 0 Å². The van der Waals surface area contributed by atoms with Crippen LogP contribution in [0.25, 0.3) is 0 Å². The number of nitro groups is 1. The summed E-state index contributed by atoms with van der Waals surface area (Å²) in [6.45, 7) is 0. The minimum Gasteiger partial charge on any atom is -0.293 e. The van der Waals surface area contributed by atoms with Crippen molar-refractivity contribution in [3.8, 4) is 0 Å². The van der Waals surface area contributed by atoms with Gasteiger partial charge < -0.3 is 0 Å². The predicted molar refractivity (Wildman–Crippen MR) is 55.9 cm³/mol. The number of rotatable bonds is 1. The van der Waals surface area contributed by atoms with E-state index in [4.69, 9.17) is 0 Å². The molecule has 1 aliphatic carbocycles. The Bertz CT molecular complexity index is 426. The van der Waals surface area contributed by atoms with Gasteiger partial charge in [-0.2, -0.15) is 0 Å². The van der Waals surface area contributed by atoms with Crippen LogP contribution in [0.4, 0.5) is 5.69 Å². The molecule has 1 aromatic heterocycles. The van der Waals surface area contributed by atoms with Crippen LogP contribution < -0.4 is 0 Å². The van der Waals surface area contributed by atoms with Crippen molar-refractivity contribution < 1.29 is 9.72 Å². The molecule has 0 unspecified atom stereocenters. The van der Waals surface area contributed by atoms with E-state index >= 15 is 0 Å². The Balaban J connectivity index is 2.63. The minimum atomic E-state index is -0.419. The molecule has 1 aliphatic rings. The van der Waals surface area contributed by atoms with Gasteiger partial charge in [0.05, 0.1) is 15.4 Å². The van der Waals surface area contributed by atoms with E-state index < -0.39 is 4.92 Å². The maximum Gasteiger partial charge on any atom is 0.298 e. The molecule has 2 rings (SSSR count). The van der Waals surface area contributed by atoms with Crippen LogP contribution in [-0.2, 0) is 6.42 Å². The summed E-state index contributed by atoms with van der Waals surface area (Å²) < 4.78 is 0.461. The van der Waals surface area contributed by atoms with E-state index in [9.17, 15) is 14.9 Å². The van der Waals surface area contributed by atoms with Gasteiger partial charge in [-0.25, -0.2) is 0 Å². The monoisotopic (exact) mass is 275 g/mol. The summed E-state index contributed by atoms with van der Waals surface area (Å²) in [5.41, 5.74) is 0.696. The smallest absolute Gasteiger partial charge is 0.293 e. The summed E-state index contributed by atoms with van der Waals surface area (Å²) in [5.74, 6) is 0.0325. The molecule has 0 aliphatic heterocycles. The van der Waals surface area contributed by atoms with Crippen molar-refractivity contribution in [1.82, 2.24) is 0 Å². The van der Waals surface area contributed by atoms with E-state index in [-0.39, 0.29) is 11.5 Å². The second-order valence-corrected chi connectivity index (χ2v) is 5.40. The first-order chi connectivity index (χ1) is 6.61. The summed E-state index contributed by atoms with van der Waals surface area (Å²) in [5, 5.41) is 10.7. The standard InChI is InChI=1S/C8H6BrNO3S/c9-8-6(10(12)13)4-2-1-3-5(11)7(4)14-8/h1-3H2. The van der Waals surface area contributed by atoms with Crippen molar-refractivity contribution in [2.24, 2.45) is 0 Å². The molecule has 0 spiro atoms. The van der Waals surface area contributed by atoms with Crippen LogP contribution in [0, 0.1) is 10.1 Å². The maximum atomic E-state index is 11.4. The number of fused-ring (bicyclic) bond motifs is 1. The zero-order valence-electron chi connectivity index (χ0n) is 7.08. The number of carbonyl (C=O) groups excluding carboxylic acids is 1. The summed E-state index contributed by atoms with van der Waals surface area (Å²) in [7, 11) is 0. The maximum absolute atomic E-state index is 11.4. The Labute approximate surface area is 92.2 Å². The molecule has 0 saturated carbocycles. The molecule has 1 heterocycles. The SMILES string of the molecule is O=C1CCCc2c1sc(Br)c2[N+](=O)[O-]. The van der Waals surface area contributed by atoms with Gasteiger partial charge >= 0.3 is 0 Å². The fourth-order valence-electron chi connectivity index (χ4n) is 1.60. The van der Waals surface area contributed by atoms with E-state index in [1.54, 1.807) is 0 Å². The lowest BCUT2D eigenvalue weighted by molar-refractivity contribution is -0.386. The average molecular weight is 276 g/mol. The van der Waals surface area contributed by atoms with E-state index in [2.05, 4.69) is 15.9 Å². The summed E-state index contributed by atoms with van der Waals surface area (Å²) in [4.78, 5) is 22.3. The molecular weight excluding hydrogens is 270 g/mol. The molecular formula is C8H6BrNO3S. The molecule has 0 radical (unpaired) electrons. The van der Waals surface area contributed by atoms with Gasteiger partial charge in [0.2, 0.25) is 0 Å². The highest BCUT2D eigenvalue weighted by atomic mass is 79.9. The number of hydrogen-bond donors (Lipinski definition) is 0. The zero-order valence-corrected chi connectivity index (χ0v) is 9.48. The highest BCUT2D eigenvalue weighted by Gasteiger charge is 2.31. The molecule has 0 aromatic carbocycles. The number of thiophene rings is 1. The van der Waals surface area contributed by atoms with Crippen LogP contribution in [0.1, 0.15) is 28.1 Å². The number of Topliss-reactive ketones (excluding diaryl/α,β-unsaturated/α-hetero) is 1. The minimum absolute atomic E-state index is 0.0325. The van der Waals surface area contributed by atoms with Crippen molar-refractivity contribution in [3.05, 3.63) is 24.3 Å². The first-order valence-electron chi connectivity index (χ1n) is 4.10. The van der Waals surface area contributed by atoms with E-state index in [0.717, 1.165) is 6.42 Å². The molecule has 0 fully saturated rings. The molecule has 0 atom stereocenters. The fourth-order valence-corrected chi connectivity index (χ4v) is 3.49. The Morgan fingerprint density at radius 2 is 2.14 bits per heavy atom. The third-order valence-electron chi connectivity index (χ3n) is 2.20. The third kappa shape index (κ3) is 1.38. The number of carbonyl (C=O) groups is 1. The summed E-state index contributed by atoms with van der Waals surface area (Å²) in [6.07, 6.45) is 1.87. The largest absolute Gasteiger partial charge is 0.298 e. The second kappa shape index (κ2) is 3.43. The van der Waals surface area contributed by atoms with Crippen LogP contribution >= 0.6 is 27.3 Å². The van der Waals surface area contributed by atoms with Gasteiger partial charge in [-0.3, -0.25) is 14.9 Å². The van der Waals surface area contributed by atoms with Gasteiger partial charge in [0.15, 0.2) is 5.78 Å². The number of halogens is 1. The van der Waals surface area contributed by atoms with Gasteiger partial charge in [0, 0.05) is 6.42 Å². The van der Waals surface area contributed by atoms with Crippen molar-refractivity contribution >= 4 is 38.7 Å². The van der Waals surface area contributed by atoms with Crippen LogP contribution in [0.2, 0.25) is 0 Å². The van der Waals surface area contributed by atoms with Crippen LogP contribution in [0.3, 0.4) is 0 Å². The molecule has 0 amide bonds. The van der Waals surface area contributed by atoms with Gasteiger partial charge in [-0.1, -0.05) is 0 Å². The van der Waals surface area contributed by atoms with Crippen molar-refractivity contribution in [2.75, 3.05) is 0 Å². The van der Waals surface area contributed by atoms with Gasteiger partial charge in [0.1, 0.15) is 3.79 Å². The van der Waals surface area contributed by atoms with Crippen molar-refractivity contribution in [1.29, 1.82) is 0 Å². The lowest BCUT2D eigenvalue weighted by Gasteiger charge is -2.07. The summed E-state index contributed by atoms with van der Waals surface area (Å²) >= 11 is 4.31. The molecule has 4 nitrogen and oxygen atoms in total. The molecule has 0 saturated heterocycles. The second-order valence-electron chi connectivity index (χ2n) is 3.07.